The molecule has 0 radical (unpaired) electrons. The Labute approximate surface area is 200 Å². The lowest BCUT2D eigenvalue weighted by atomic mass is 10.1. The molecular formula is C24H21ClFN7O. The zero-order valence-electron chi connectivity index (χ0n) is 18.3. The first kappa shape index (κ1) is 21.8. The van der Waals surface area contributed by atoms with Crippen molar-refractivity contribution >= 4 is 28.5 Å². The van der Waals surface area contributed by atoms with Crippen LogP contribution in [0.5, 0.6) is 5.75 Å². The predicted octanol–water partition coefficient (Wildman–Crippen LogP) is 4.53. The Morgan fingerprint density at radius 1 is 1.03 bits per heavy atom. The molecule has 8 nitrogen and oxygen atoms in total. The van der Waals surface area contributed by atoms with Gasteiger partial charge in [0, 0.05) is 35.7 Å². The van der Waals surface area contributed by atoms with Gasteiger partial charge in [-0.25, -0.2) is 14.4 Å². The molecule has 5 rings (SSSR count). The molecule has 0 aliphatic heterocycles. The fraction of sp³-hybridized carbons (Fsp3) is 0.167. The van der Waals surface area contributed by atoms with E-state index in [1.807, 2.05) is 27.8 Å². The third-order valence-corrected chi connectivity index (χ3v) is 5.79. The summed E-state index contributed by atoms with van der Waals surface area (Å²) in [5, 5.41) is 13.0. The fourth-order valence-electron chi connectivity index (χ4n) is 3.69. The van der Waals surface area contributed by atoms with E-state index in [2.05, 4.69) is 49.7 Å². The molecule has 172 valence electrons. The van der Waals surface area contributed by atoms with Crippen LogP contribution in [-0.2, 0) is 19.6 Å². The van der Waals surface area contributed by atoms with Crippen molar-refractivity contribution < 1.29 is 9.13 Å². The van der Waals surface area contributed by atoms with Crippen molar-refractivity contribution in [2.75, 3.05) is 12.4 Å². The molecule has 0 spiro atoms. The van der Waals surface area contributed by atoms with Gasteiger partial charge < -0.3 is 10.1 Å². The first-order valence-corrected chi connectivity index (χ1v) is 11.0. The molecular weight excluding hydrogens is 457 g/mol. The van der Waals surface area contributed by atoms with Gasteiger partial charge in [0.05, 0.1) is 25.6 Å². The second-order valence-electron chi connectivity index (χ2n) is 7.70. The monoisotopic (exact) mass is 477 g/mol. The van der Waals surface area contributed by atoms with E-state index in [4.69, 9.17) is 16.3 Å². The molecule has 34 heavy (non-hydrogen) atoms. The minimum atomic E-state index is -0.500. The molecule has 2 aromatic carbocycles. The van der Waals surface area contributed by atoms with Crippen LogP contribution in [-0.4, -0.2) is 36.6 Å². The minimum absolute atomic E-state index is 0.136. The van der Waals surface area contributed by atoms with Gasteiger partial charge in [-0.3, -0.25) is 9.36 Å². The SMILES string of the molecule is COc1ccc(Cl)c(CNc2ncnc3nn(Cc4ccc(Cn5cccn5)cc4)cc23)c1F. The van der Waals surface area contributed by atoms with E-state index in [9.17, 15) is 4.39 Å². The van der Waals surface area contributed by atoms with Gasteiger partial charge in [0.15, 0.2) is 17.2 Å². The summed E-state index contributed by atoms with van der Waals surface area (Å²) in [7, 11) is 1.42. The van der Waals surface area contributed by atoms with E-state index < -0.39 is 5.82 Å². The molecule has 3 aromatic heterocycles. The normalized spacial score (nSPS) is 11.1. The van der Waals surface area contributed by atoms with Gasteiger partial charge in [0.25, 0.3) is 0 Å². The van der Waals surface area contributed by atoms with Crippen molar-refractivity contribution in [3.8, 4) is 5.75 Å². The first-order valence-electron chi connectivity index (χ1n) is 10.6. The Hall–Kier alpha value is -3.98. The van der Waals surface area contributed by atoms with E-state index in [1.54, 1.807) is 12.3 Å². The maximum absolute atomic E-state index is 14.6. The van der Waals surface area contributed by atoms with E-state index in [1.165, 1.54) is 25.1 Å². The Kier molecular flexibility index (Phi) is 6.09. The summed E-state index contributed by atoms with van der Waals surface area (Å²) in [6.07, 6.45) is 7.01. The van der Waals surface area contributed by atoms with Gasteiger partial charge in [-0.15, -0.1) is 0 Å². The van der Waals surface area contributed by atoms with Crippen LogP contribution in [0, 0.1) is 5.82 Å². The molecule has 10 heteroatoms. The second-order valence-corrected chi connectivity index (χ2v) is 8.11. The molecule has 0 fully saturated rings. The van der Waals surface area contributed by atoms with Crippen LogP contribution in [0.15, 0.2) is 67.4 Å². The van der Waals surface area contributed by atoms with E-state index in [0.717, 1.165) is 17.5 Å². The highest BCUT2D eigenvalue weighted by Gasteiger charge is 2.15. The van der Waals surface area contributed by atoms with Gasteiger partial charge in [-0.05, 0) is 29.3 Å². The molecule has 0 saturated carbocycles. The molecule has 0 aliphatic carbocycles. The number of fused-ring (bicyclic) bond motifs is 1. The van der Waals surface area contributed by atoms with Crippen molar-refractivity contribution in [1.82, 2.24) is 29.5 Å². The van der Waals surface area contributed by atoms with Crippen molar-refractivity contribution in [1.29, 1.82) is 0 Å². The molecule has 0 amide bonds. The van der Waals surface area contributed by atoms with Gasteiger partial charge in [-0.1, -0.05) is 35.9 Å². The van der Waals surface area contributed by atoms with Crippen molar-refractivity contribution in [3.63, 3.8) is 0 Å². The standard InChI is InChI=1S/C24H21ClFN7O/c1-34-21-8-7-20(25)18(22(21)26)11-27-23-19-14-33(31-24(19)29-15-28-23)13-17-5-3-16(4-6-17)12-32-10-2-9-30-32/h2-10,14-15H,11-13H2,1H3,(H,27,28,29,31). The lowest BCUT2D eigenvalue weighted by Gasteiger charge is -2.11. The van der Waals surface area contributed by atoms with Crippen LogP contribution in [0.3, 0.4) is 0 Å². The van der Waals surface area contributed by atoms with Crippen LogP contribution in [0.4, 0.5) is 10.2 Å². The average Bonchev–Trinajstić information content (AvgIpc) is 3.50. The van der Waals surface area contributed by atoms with Crippen molar-refractivity contribution in [2.45, 2.75) is 19.6 Å². The highest BCUT2D eigenvalue weighted by molar-refractivity contribution is 6.31. The predicted molar refractivity (Wildman–Crippen MR) is 127 cm³/mol. The Morgan fingerprint density at radius 2 is 1.79 bits per heavy atom. The third-order valence-electron chi connectivity index (χ3n) is 5.44. The maximum Gasteiger partial charge on any atom is 0.186 e. The summed E-state index contributed by atoms with van der Waals surface area (Å²) in [6.45, 7) is 1.44. The zero-order chi connectivity index (χ0) is 23.5. The number of rotatable bonds is 8. The molecule has 0 saturated heterocycles. The van der Waals surface area contributed by atoms with Gasteiger partial charge in [0.1, 0.15) is 12.1 Å². The average molecular weight is 478 g/mol. The summed E-state index contributed by atoms with van der Waals surface area (Å²) in [6, 6.07) is 13.3. The van der Waals surface area contributed by atoms with Crippen LogP contribution in [0.25, 0.3) is 11.0 Å². The van der Waals surface area contributed by atoms with E-state index in [0.29, 0.717) is 28.6 Å². The molecule has 0 unspecified atom stereocenters. The number of nitrogens with one attached hydrogen (secondary N) is 1. The largest absolute Gasteiger partial charge is 0.494 e. The number of hydrogen-bond acceptors (Lipinski definition) is 6. The number of benzene rings is 2. The second kappa shape index (κ2) is 9.48. The van der Waals surface area contributed by atoms with E-state index >= 15 is 0 Å². The number of hydrogen-bond donors (Lipinski definition) is 1. The maximum atomic E-state index is 14.6. The Bertz CT molecular complexity index is 1420. The summed E-state index contributed by atoms with van der Waals surface area (Å²) in [4.78, 5) is 8.58. The molecule has 0 bridgehead atoms. The topological polar surface area (TPSA) is 82.7 Å². The number of methoxy groups -OCH3 is 1. The summed E-state index contributed by atoms with van der Waals surface area (Å²) in [5.41, 5.74) is 3.11. The Morgan fingerprint density at radius 3 is 2.50 bits per heavy atom. The van der Waals surface area contributed by atoms with Crippen molar-refractivity contribution in [2.24, 2.45) is 0 Å². The summed E-state index contributed by atoms with van der Waals surface area (Å²) in [5.74, 6) is 0.182. The number of nitrogens with zero attached hydrogens (tertiary/aromatic N) is 6. The number of anilines is 1. The van der Waals surface area contributed by atoms with Crippen LogP contribution < -0.4 is 10.1 Å². The summed E-state index contributed by atoms with van der Waals surface area (Å²) >= 11 is 6.20. The quantitative estimate of drug-likeness (QED) is 0.353. The van der Waals surface area contributed by atoms with Gasteiger partial charge in [-0.2, -0.15) is 10.2 Å². The summed E-state index contributed by atoms with van der Waals surface area (Å²) < 4.78 is 23.4. The van der Waals surface area contributed by atoms with Gasteiger partial charge >= 0.3 is 0 Å². The number of halogens is 2. The Balaban J connectivity index is 1.32. The highest BCUT2D eigenvalue weighted by atomic mass is 35.5. The number of ether oxygens (including phenoxy) is 1. The molecule has 0 aliphatic rings. The molecule has 5 aromatic rings. The molecule has 1 N–H and O–H groups in total. The number of aromatic nitrogens is 6. The fourth-order valence-corrected chi connectivity index (χ4v) is 3.91. The van der Waals surface area contributed by atoms with Gasteiger partial charge in [0.2, 0.25) is 0 Å². The highest BCUT2D eigenvalue weighted by Crippen LogP contribution is 2.28. The minimum Gasteiger partial charge on any atom is -0.494 e. The van der Waals surface area contributed by atoms with Crippen LogP contribution in [0.1, 0.15) is 16.7 Å². The van der Waals surface area contributed by atoms with Crippen molar-refractivity contribution in [3.05, 3.63) is 94.9 Å². The molecule has 0 atom stereocenters. The third kappa shape index (κ3) is 4.55. The lowest BCUT2D eigenvalue weighted by Crippen LogP contribution is -2.06. The first-order chi connectivity index (χ1) is 16.6. The molecule has 3 heterocycles. The van der Waals surface area contributed by atoms with Crippen LogP contribution in [0.2, 0.25) is 5.02 Å². The van der Waals surface area contributed by atoms with E-state index in [-0.39, 0.29) is 12.3 Å². The van der Waals surface area contributed by atoms with Crippen LogP contribution >= 0.6 is 11.6 Å². The lowest BCUT2D eigenvalue weighted by molar-refractivity contribution is 0.384. The zero-order valence-corrected chi connectivity index (χ0v) is 19.1. The smallest absolute Gasteiger partial charge is 0.186 e.